The van der Waals surface area contributed by atoms with Gasteiger partial charge in [0.2, 0.25) is 11.8 Å². The number of rotatable bonds is 5. The number of anilines is 2. The van der Waals surface area contributed by atoms with E-state index in [9.17, 15) is 9.59 Å². The highest BCUT2D eigenvalue weighted by atomic mass is 35.5. The lowest BCUT2D eigenvalue weighted by Crippen LogP contribution is -2.46. The van der Waals surface area contributed by atoms with E-state index in [1.54, 1.807) is 6.07 Å². The molecule has 24 heavy (non-hydrogen) atoms. The molecule has 1 aliphatic heterocycles. The minimum Gasteiger partial charge on any atom is -0.370 e. The Morgan fingerprint density at radius 3 is 2.42 bits per heavy atom. The first kappa shape index (κ1) is 18.6. The molecule has 1 aromatic carbocycles. The van der Waals surface area contributed by atoms with Gasteiger partial charge in [-0.15, -0.1) is 0 Å². The van der Waals surface area contributed by atoms with E-state index in [-0.39, 0.29) is 17.7 Å². The number of amides is 2. The molecule has 2 amide bonds. The van der Waals surface area contributed by atoms with E-state index in [2.05, 4.69) is 15.5 Å². The Bertz CT molecular complexity index is 598. The molecule has 6 heteroatoms. The lowest BCUT2D eigenvalue weighted by Gasteiger charge is -2.31. The molecule has 1 unspecified atom stereocenters. The fourth-order valence-electron chi connectivity index (χ4n) is 2.98. The maximum absolute atomic E-state index is 12.6. The van der Waals surface area contributed by atoms with Crippen LogP contribution in [0.15, 0.2) is 18.2 Å². The maximum Gasteiger partial charge on any atom is 0.247 e. The van der Waals surface area contributed by atoms with Gasteiger partial charge >= 0.3 is 0 Å². The molecule has 1 saturated heterocycles. The van der Waals surface area contributed by atoms with Crippen molar-refractivity contribution in [3.8, 4) is 0 Å². The quantitative estimate of drug-likeness (QED) is 0.854. The van der Waals surface area contributed by atoms with E-state index < -0.39 is 6.04 Å². The molecule has 5 nitrogen and oxygen atoms in total. The third-order valence-electron chi connectivity index (χ3n) is 4.22. The number of carbonyl (C=O) groups excluding carboxylic acids is 2. The van der Waals surface area contributed by atoms with Crippen LogP contribution in [0, 0.1) is 5.92 Å². The Kier molecular flexibility index (Phi) is 6.49. The van der Waals surface area contributed by atoms with Gasteiger partial charge < -0.3 is 15.5 Å². The zero-order chi connectivity index (χ0) is 17.7. The number of carbonyl (C=O) groups is 2. The second-order valence-corrected chi connectivity index (χ2v) is 7.06. The Morgan fingerprint density at radius 2 is 1.83 bits per heavy atom. The summed E-state index contributed by atoms with van der Waals surface area (Å²) in [6.45, 7) is 7.18. The minimum atomic E-state index is -0.573. The third kappa shape index (κ3) is 4.87. The maximum atomic E-state index is 12.6. The summed E-state index contributed by atoms with van der Waals surface area (Å²) in [5.41, 5.74) is 1.68. The molecule has 1 fully saturated rings. The fraction of sp³-hybridized carbons (Fsp3) is 0.556. The molecular weight excluding hydrogens is 326 g/mol. The first-order valence-corrected chi connectivity index (χ1v) is 8.88. The van der Waals surface area contributed by atoms with Crippen molar-refractivity contribution in [3.05, 3.63) is 23.2 Å². The van der Waals surface area contributed by atoms with Crippen LogP contribution in [0.4, 0.5) is 11.4 Å². The summed E-state index contributed by atoms with van der Waals surface area (Å²) in [7, 11) is 0. The number of hydrogen-bond acceptors (Lipinski definition) is 3. The van der Waals surface area contributed by atoms with Crippen molar-refractivity contribution >= 4 is 34.8 Å². The number of benzene rings is 1. The summed E-state index contributed by atoms with van der Waals surface area (Å²) in [5.74, 6) is -0.446. The summed E-state index contributed by atoms with van der Waals surface area (Å²) in [5, 5.41) is 6.25. The van der Waals surface area contributed by atoms with Crippen molar-refractivity contribution in [3.63, 3.8) is 0 Å². The first-order chi connectivity index (χ1) is 11.4. The van der Waals surface area contributed by atoms with Crippen LogP contribution < -0.4 is 15.5 Å². The van der Waals surface area contributed by atoms with Crippen molar-refractivity contribution in [2.75, 3.05) is 23.3 Å². The van der Waals surface area contributed by atoms with Gasteiger partial charge in [-0.3, -0.25) is 9.59 Å². The van der Waals surface area contributed by atoms with Gasteiger partial charge in [0.25, 0.3) is 0 Å². The molecule has 2 rings (SSSR count). The SMILES string of the molecule is CC(=O)NC(C(=O)Nc1cc(Cl)ccc1N1CCCCC1)C(C)C. The summed E-state index contributed by atoms with van der Waals surface area (Å²) >= 11 is 6.13. The Labute approximate surface area is 148 Å². The highest BCUT2D eigenvalue weighted by Gasteiger charge is 2.24. The molecule has 2 N–H and O–H groups in total. The second kappa shape index (κ2) is 8.38. The minimum absolute atomic E-state index is 0.00785. The highest BCUT2D eigenvalue weighted by molar-refractivity contribution is 6.31. The first-order valence-electron chi connectivity index (χ1n) is 8.51. The Hall–Kier alpha value is -1.75. The second-order valence-electron chi connectivity index (χ2n) is 6.62. The van der Waals surface area contributed by atoms with Crippen molar-refractivity contribution in [2.24, 2.45) is 5.92 Å². The molecule has 1 atom stereocenters. The fourth-order valence-corrected chi connectivity index (χ4v) is 3.16. The summed E-state index contributed by atoms with van der Waals surface area (Å²) in [4.78, 5) is 26.3. The van der Waals surface area contributed by atoms with Crippen molar-refractivity contribution in [1.29, 1.82) is 0 Å². The molecule has 1 aromatic rings. The predicted octanol–water partition coefficient (Wildman–Crippen LogP) is 3.43. The number of piperidine rings is 1. The van der Waals surface area contributed by atoms with Gasteiger partial charge in [-0.05, 0) is 43.4 Å². The van der Waals surface area contributed by atoms with E-state index in [0.717, 1.165) is 31.6 Å². The monoisotopic (exact) mass is 351 g/mol. The molecule has 0 spiro atoms. The Morgan fingerprint density at radius 1 is 1.17 bits per heavy atom. The zero-order valence-corrected chi connectivity index (χ0v) is 15.3. The zero-order valence-electron chi connectivity index (χ0n) is 14.6. The molecule has 0 aliphatic carbocycles. The Balaban J connectivity index is 2.22. The topological polar surface area (TPSA) is 61.4 Å². The largest absolute Gasteiger partial charge is 0.370 e. The number of nitrogens with zero attached hydrogens (tertiary/aromatic N) is 1. The van der Waals surface area contributed by atoms with Crippen LogP contribution in [0.25, 0.3) is 0 Å². The summed E-state index contributed by atoms with van der Waals surface area (Å²) in [6.07, 6.45) is 3.54. The van der Waals surface area contributed by atoms with Crippen LogP contribution in [0.2, 0.25) is 5.02 Å². The third-order valence-corrected chi connectivity index (χ3v) is 4.46. The molecule has 0 bridgehead atoms. The number of nitrogens with one attached hydrogen (secondary N) is 2. The van der Waals surface area contributed by atoms with E-state index in [0.29, 0.717) is 10.7 Å². The van der Waals surface area contributed by atoms with Crippen molar-refractivity contribution < 1.29 is 9.59 Å². The van der Waals surface area contributed by atoms with E-state index >= 15 is 0 Å². The lowest BCUT2D eigenvalue weighted by molar-refractivity contribution is -0.126. The van der Waals surface area contributed by atoms with E-state index in [1.807, 2.05) is 26.0 Å². The average molecular weight is 352 g/mol. The van der Waals surface area contributed by atoms with Gasteiger partial charge in [0, 0.05) is 25.0 Å². The average Bonchev–Trinajstić information content (AvgIpc) is 2.53. The highest BCUT2D eigenvalue weighted by Crippen LogP contribution is 2.31. The molecule has 0 radical (unpaired) electrons. The van der Waals surface area contributed by atoms with Crippen LogP contribution in [0.3, 0.4) is 0 Å². The van der Waals surface area contributed by atoms with Crippen LogP contribution >= 0.6 is 11.6 Å². The van der Waals surface area contributed by atoms with Crippen LogP contribution in [0.1, 0.15) is 40.0 Å². The lowest BCUT2D eigenvalue weighted by atomic mass is 10.0. The van der Waals surface area contributed by atoms with Gasteiger partial charge in [0.15, 0.2) is 0 Å². The van der Waals surface area contributed by atoms with Gasteiger partial charge in [-0.1, -0.05) is 25.4 Å². The standard InChI is InChI=1S/C18H26ClN3O2/c1-12(2)17(20-13(3)23)18(24)21-15-11-14(19)7-8-16(15)22-9-5-4-6-10-22/h7-8,11-12,17H,4-6,9-10H2,1-3H3,(H,20,23)(H,21,24). The normalized spacial score (nSPS) is 16.0. The van der Waals surface area contributed by atoms with Gasteiger partial charge in [0.05, 0.1) is 11.4 Å². The van der Waals surface area contributed by atoms with Crippen molar-refractivity contribution in [1.82, 2.24) is 5.32 Å². The smallest absolute Gasteiger partial charge is 0.247 e. The summed E-state index contributed by atoms with van der Waals surface area (Å²) in [6, 6.07) is 4.99. The molecule has 132 valence electrons. The van der Waals surface area contributed by atoms with Gasteiger partial charge in [-0.2, -0.15) is 0 Å². The van der Waals surface area contributed by atoms with E-state index in [4.69, 9.17) is 11.6 Å². The molecular formula is C18H26ClN3O2. The van der Waals surface area contributed by atoms with Crippen LogP contribution in [0.5, 0.6) is 0 Å². The van der Waals surface area contributed by atoms with Gasteiger partial charge in [-0.25, -0.2) is 0 Å². The van der Waals surface area contributed by atoms with E-state index in [1.165, 1.54) is 13.3 Å². The molecule has 0 saturated carbocycles. The summed E-state index contributed by atoms with van der Waals surface area (Å²) < 4.78 is 0. The predicted molar refractivity (Wildman–Crippen MR) is 98.6 cm³/mol. The molecule has 1 heterocycles. The number of hydrogen-bond donors (Lipinski definition) is 2. The van der Waals surface area contributed by atoms with Crippen molar-refractivity contribution in [2.45, 2.75) is 46.1 Å². The van der Waals surface area contributed by atoms with Crippen LogP contribution in [-0.2, 0) is 9.59 Å². The van der Waals surface area contributed by atoms with Crippen LogP contribution in [-0.4, -0.2) is 30.9 Å². The molecule has 1 aliphatic rings. The van der Waals surface area contributed by atoms with Gasteiger partial charge in [0.1, 0.15) is 6.04 Å². The molecule has 0 aromatic heterocycles. The number of halogens is 1.